The molecule has 0 aromatic heterocycles. The molecule has 1 aromatic rings. The van der Waals surface area contributed by atoms with Crippen molar-refractivity contribution in [3.8, 4) is 0 Å². The number of carbonyl (C=O) groups is 1. The smallest absolute Gasteiger partial charge is 0.338 e. The number of rotatable bonds is 7. The van der Waals surface area contributed by atoms with E-state index in [1.54, 1.807) is 13.2 Å². The van der Waals surface area contributed by atoms with E-state index in [4.69, 9.17) is 14.2 Å². The minimum Gasteiger partial charge on any atom is -0.460 e. The first-order valence-corrected chi connectivity index (χ1v) is 6.42. The van der Waals surface area contributed by atoms with Crippen LogP contribution >= 0.6 is 0 Å². The second-order valence-corrected chi connectivity index (χ2v) is 4.29. The summed E-state index contributed by atoms with van der Waals surface area (Å²) in [5.41, 5.74) is 2.88. The molecule has 1 N–H and O–H groups in total. The summed E-state index contributed by atoms with van der Waals surface area (Å²) in [6.07, 6.45) is 0.955. The van der Waals surface area contributed by atoms with E-state index in [0.717, 1.165) is 18.7 Å². The highest BCUT2D eigenvalue weighted by Gasteiger charge is 2.14. The summed E-state index contributed by atoms with van der Waals surface area (Å²) in [5, 5.41) is 3.25. The van der Waals surface area contributed by atoms with Crippen molar-refractivity contribution in [3.63, 3.8) is 0 Å². The Morgan fingerprint density at radius 2 is 2.11 bits per heavy atom. The summed E-state index contributed by atoms with van der Waals surface area (Å²) in [7, 11) is 1.62. The summed E-state index contributed by atoms with van der Waals surface area (Å²) in [5.74, 6) is -0.301. The van der Waals surface area contributed by atoms with Crippen molar-refractivity contribution in [2.75, 3.05) is 45.4 Å². The fourth-order valence-electron chi connectivity index (χ4n) is 1.95. The first kappa shape index (κ1) is 13.8. The summed E-state index contributed by atoms with van der Waals surface area (Å²) in [6, 6.07) is 5.60. The SMILES string of the molecule is COCCOCCOC(=O)c1ccc2c(c1)CCN2. The van der Waals surface area contributed by atoms with Crippen LogP contribution in [0.2, 0.25) is 0 Å². The van der Waals surface area contributed by atoms with Gasteiger partial charge < -0.3 is 19.5 Å². The van der Waals surface area contributed by atoms with Crippen LogP contribution < -0.4 is 5.32 Å². The first-order valence-electron chi connectivity index (χ1n) is 6.42. The molecule has 104 valence electrons. The highest BCUT2D eigenvalue weighted by atomic mass is 16.6. The first-order chi connectivity index (χ1) is 9.31. The van der Waals surface area contributed by atoms with Gasteiger partial charge in [-0.3, -0.25) is 0 Å². The van der Waals surface area contributed by atoms with E-state index in [-0.39, 0.29) is 12.6 Å². The number of esters is 1. The van der Waals surface area contributed by atoms with Crippen LogP contribution in [0.4, 0.5) is 5.69 Å². The Hall–Kier alpha value is -1.59. The van der Waals surface area contributed by atoms with Crippen LogP contribution in [0.5, 0.6) is 0 Å². The second-order valence-electron chi connectivity index (χ2n) is 4.29. The molecule has 0 saturated heterocycles. The number of hydrogen-bond acceptors (Lipinski definition) is 5. The molecule has 5 heteroatoms. The lowest BCUT2D eigenvalue weighted by molar-refractivity contribution is 0.0213. The fraction of sp³-hybridized carbons (Fsp3) is 0.500. The Morgan fingerprint density at radius 1 is 1.26 bits per heavy atom. The average molecular weight is 265 g/mol. The Morgan fingerprint density at radius 3 is 2.95 bits per heavy atom. The molecule has 1 aliphatic rings. The van der Waals surface area contributed by atoms with E-state index in [1.165, 1.54) is 5.56 Å². The Balaban J connectivity index is 1.74. The Bertz CT molecular complexity index is 433. The molecule has 0 saturated carbocycles. The molecule has 0 atom stereocenters. The number of anilines is 1. The van der Waals surface area contributed by atoms with Gasteiger partial charge in [0.25, 0.3) is 0 Å². The van der Waals surface area contributed by atoms with Crippen molar-refractivity contribution in [3.05, 3.63) is 29.3 Å². The van der Waals surface area contributed by atoms with Crippen molar-refractivity contribution < 1.29 is 19.0 Å². The lowest BCUT2D eigenvalue weighted by atomic mass is 10.1. The fourth-order valence-corrected chi connectivity index (χ4v) is 1.95. The molecule has 1 heterocycles. The molecule has 1 aromatic carbocycles. The third kappa shape index (κ3) is 3.94. The molecular weight excluding hydrogens is 246 g/mol. The molecule has 19 heavy (non-hydrogen) atoms. The van der Waals surface area contributed by atoms with E-state index in [1.807, 2.05) is 12.1 Å². The van der Waals surface area contributed by atoms with Gasteiger partial charge in [0.05, 0.1) is 25.4 Å². The van der Waals surface area contributed by atoms with Gasteiger partial charge in [-0.15, -0.1) is 0 Å². The molecule has 2 rings (SSSR count). The van der Waals surface area contributed by atoms with Crippen molar-refractivity contribution in [2.24, 2.45) is 0 Å². The van der Waals surface area contributed by atoms with E-state index < -0.39 is 0 Å². The van der Waals surface area contributed by atoms with Gasteiger partial charge in [-0.25, -0.2) is 4.79 Å². The van der Waals surface area contributed by atoms with Gasteiger partial charge in [-0.1, -0.05) is 0 Å². The molecule has 1 aliphatic heterocycles. The minimum absolute atomic E-state index is 0.262. The van der Waals surface area contributed by atoms with Gasteiger partial charge in [-0.05, 0) is 30.2 Å². The maximum absolute atomic E-state index is 11.8. The largest absolute Gasteiger partial charge is 0.460 e. The van der Waals surface area contributed by atoms with Gasteiger partial charge in [0.1, 0.15) is 6.61 Å². The maximum Gasteiger partial charge on any atom is 0.338 e. The summed E-state index contributed by atoms with van der Waals surface area (Å²) < 4.78 is 15.2. The van der Waals surface area contributed by atoms with E-state index in [2.05, 4.69) is 5.32 Å². The van der Waals surface area contributed by atoms with E-state index in [0.29, 0.717) is 25.4 Å². The quantitative estimate of drug-likeness (QED) is 0.597. The molecule has 0 fully saturated rings. The molecule has 0 bridgehead atoms. The number of fused-ring (bicyclic) bond motifs is 1. The van der Waals surface area contributed by atoms with Crippen molar-refractivity contribution >= 4 is 11.7 Å². The second kappa shape index (κ2) is 7.11. The predicted octanol–water partition coefficient (Wildman–Crippen LogP) is 1.47. The standard InChI is InChI=1S/C14H19NO4/c1-17-6-7-18-8-9-19-14(16)12-2-3-13-11(10-12)4-5-15-13/h2-3,10,15H,4-9H2,1H3. The van der Waals surface area contributed by atoms with Crippen LogP contribution in [0.1, 0.15) is 15.9 Å². The van der Waals surface area contributed by atoms with Gasteiger partial charge in [-0.2, -0.15) is 0 Å². The van der Waals surface area contributed by atoms with Crippen molar-refractivity contribution in [1.82, 2.24) is 0 Å². The number of ether oxygens (including phenoxy) is 3. The van der Waals surface area contributed by atoms with Crippen LogP contribution in [-0.4, -0.2) is 46.1 Å². The topological polar surface area (TPSA) is 56.8 Å². The molecule has 0 unspecified atom stereocenters. The van der Waals surface area contributed by atoms with Crippen LogP contribution in [0.15, 0.2) is 18.2 Å². The van der Waals surface area contributed by atoms with E-state index >= 15 is 0 Å². The average Bonchev–Trinajstić information content (AvgIpc) is 2.89. The summed E-state index contributed by atoms with van der Waals surface area (Å²) in [6.45, 7) is 2.64. The minimum atomic E-state index is -0.301. The maximum atomic E-state index is 11.8. The number of methoxy groups -OCH3 is 1. The van der Waals surface area contributed by atoms with Crippen LogP contribution in [0, 0.1) is 0 Å². The van der Waals surface area contributed by atoms with Crippen molar-refractivity contribution in [1.29, 1.82) is 0 Å². The predicted molar refractivity (Wildman–Crippen MR) is 71.6 cm³/mol. The number of benzene rings is 1. The van der Waals surface area contributed by atoms with Gasteiger partial charge in [0.15, 0.2) is 0 Å². The Labute approximate surface area is 112 Å². The molecule has 0 amide bonds. The lowest BCUT2D eigenvalue weighted by Gasteiger charge is -2.07. The summed E-state index contributed by atoms with van der Waals surface area (Å²) in [4.78, 5) is 11.8. The van der Waals surface area contributed by atoms with Gasteiger partial charge in [0.2, 0.25) is 0 Å². The highest BCUT2D eigenvalue weighted by molar-refractivity contribution is 5.90. The molecular formula is C14H19NO4. The van der Waals surface area contributed by atoms with Crippen molar-refractivity contribution in [2.45, 2.75) is 6.42 Å². The number of hydrogen-bond donors (Lipinski definition) is 1. The van der Waals surface area contributed by atoms with E-state index in [9.17, 15) is 4.79 Å². The zero-order valence-electron chi connectivity index (χ0n) is 11.1. The summed E-state index contributed by atoms with van der Waals surface area (Å²) >= 11 is 0. The van der Waals surface area contributed by atoms with Gasteiger partial charge >= 0.3 is 5.97 Å². The third-order valence-electron chi connectivity index (χ3n) is 2.94. The Kier molecular flexibility index (Phi) is 5.18. The normalized spacial score (nSPS) is 12.9. The van der Waals surface area contributed by atoms with Crippen LogP contribution in [0.25, 0.3) is 0 Å². The molecule has 0 spiro atoms. The third-order valence-corrected chi connectivity index (χ3v) is 2.94. The number of nitrogens with one attached hydrogen (secondary N) is 1. The monoisotopic (exact) mass is 265 g/mol. The molecule has 5 nitrogen and oxygen atoms in total. The van der Waals surface area contributed by atoms with Crippen LogP contribution in [0.3, 0.4) is 0 Å². The molecule has 0 radical (unpaired) electrons. The number of carbonyl (C=O) groups excluding carboxylic acids is 1. The molecule has 0 aliphatic carbocycles. The van der Waals surface area contributed by atoms with Crippen LogP contribution in [-0.2, 0) is 20.6 Å². The zero-order valence-corrected chi connectivity index (χ0v) is 11.1. The highest BCUT2D eigenvalue weighted by Crippen LogP contribution is 2.23. The lowest BCUT2D eigenvalue weighted by Crippen LogP contribution is -2.12. The zero-order chi connectivity index (χ0) is 13.5. The van der Waals surface area contributed by atoms with Gasteiger partial charge in [0, 0.05) is 19.3 Å².